The number of nitrogens with one attached hydrogen (secondary N) is 2. The van der Waals surface area contributed by atoms with Gasteiger partial charge < -0.3 is 15.7 Å². The minimum atomic E-state index is -0.703. The van der Waals surface area contributed by atoms with Gasteiger partial charge in [-0.1, -0.05) is 19.3 Å². The van der Waals surface area contributed by atoms with E-state index in [-0.39, 0.29) is 6.03 Å². The third kappa shape index (κ3) is 5.38. The van der Waals surface area contributed by atoms with Crippen molar-refractivity contribution in [1.82, 2.24) is 20.4 Å². The average Bonchev–Trinajstić information content (AvgIpc) is 2.88. The lowest BCUT2D eigenvalue weighted by molar-refractivity contribution is 0.00720. The quantitative estimate of drug-likeness (QED) is 0.693. The predicted molar refractivity (Wildman–Crippen MR) is 81.0 cm³/mol. The van der Waals surface area contributed by atoms with Gasteiger partial charge in [-0.3, -0.25) is 4.68 Å². The Labute approximate surface area is 125 Å². The van der Waals surface area contributed by atoms with Crippen LogP contribution >= 0.6 is 0 Å². The van der Waals surface area contributed by atoms with Crippen molar-refractivity contribution in [2.24, 2.45) is 7.05 Å². The first-order valence-corrected chi connectivity index (χ1v) is 7.79. The van der Waals surface area contributed by atoms with Gasteiger partial charge in [0, 0.05) is 26.3 Å². The van der Waals surface area contributed by atoms with Crippen molar-refractivity contribution in [3.05, 3.63) is 18.0 Å². The summed E-state index contributed by atoms with van der Waals surface area (Å²) < 4.78 is 1.78. The number of aromatic nitrogens is 2. The number of aryl methyl sites for hydroxylation is 2. The van der Waals surface area contributed by atoms with E-state index in [0.29, 0.717) is 13.1 Å². The van der Waals surface area contributed by atoms with Crippen LogP contribution in [0.25, 0.3) is 0 Å². The Morgan fingerprint density at radius 3 is 2.81 bits per heavy atom. The van der Waals surface area contributed by atoms with Gasteiger partial charge in [-0.05, 0) is 31.2 Å². The molecule has 6 heteroatoms. The van der Waals surface area contributed by atoms with E-state index in [4.69, 9.17) is 0 Å². The summed E-state index contributed by atoms with van der Waals surface area (Å²) in [5, 5.41) is 20.0. The highest BCUT2D eigenvalue weighted by atomic mass is 16.3. The molecule has 0 aliphatic heterocycles. The van der Waals surface area contributed by atoms with Crippen LogP contribution in [0.2, 0.25) is 0 Å². The Hall–Kier alpha value is -1.56. The molecule has 1 aromatic rings. The van der Waals surface area contributed by atoms with E-state index in [2.05, 4.69) is 15.7 Å². The molecule has 1 heterocycles. The molecule has 0 atom stereocenters. The summed E-state index contributed by atoms with van der Waals surface area (Å²) >= 11 is 0. The molecule has 0 aromatic carbocycles. The lowest BCUT2D eigenvalue weighted by Gasteiger charge is -2.32. The number of hydrogen-bond acceptors (Lipinski definition) is 3. The first kappa shape index (κ1) is 15.8. The van der Waals surface area contributed by atoms with Crippen molar-refractivity contribution < 1.29 is 9.90 Å². The van der Waals surface area contributed by atoms with Crippen molar-refractivity contribution in [1.29, 1.82) is 0 Å². The van der Waals surface area contributed by atoms with Crippen LogP contribution in [-0.4, -0.2) is 39.6 Å². The molecule has 21 heavy (non-hydrogen) atoms. The zero-order chi connectivity index (χ0) is 15.1. The fourth-order valence-electron chi connectivity index (χ4n) is 2.79. The number of hydrogen-bond donors (Lipinski definition) is 3. The average molecular weight is 294 g/mol. The second kappa shape index (κ2) is 7.45. The zero-order valence-corrected chi connectivity index (χ0v) is 12.8. The Morgan fingerprint density at radius 1 is 1.38 bits per heavy atom. The largest absolute Gasteiger partial charge is 0.388 e. The highest BCUT2D eigenvalue weighted by molar-refractivity contribution is 5.73. The van der Waals surface area contributed by atoms with Gasteiger partial charge in [0.05, 0.1) is 11.8 Å². The molecule has 1 aromatic heterocycles. The Kier molecular flexibility index (Phi) is 5.61. The summed E-state index contributed by atoms with van der Waals surface area (Å²) in [7, 11) is 1.89. The van der Waals surface area contributed by atoms with Gasteiger partial charge >= 0.3 is 6.03 Å². The van der Waals surface area contributed by atoms with Crippen molar-refractivity contribution in [3.63, 3.8) is 0 Å². The second-order valence-electron chi connectivity index (χ2n) is 6.02. The van der Waals surface area contributed by atoms with Crippen LogP contribution < -0.4 is 10.6 Å². The van der Waals surface area contributed by atoms with Crippen LogP contribution in [-0.2, 0) is 13.5 Å². The predicted octanol–water partition coefficient (Wildman–Crippen LogP) is 1.35. The number of urea groups is 1. The summed E-state index contributed by atoms with van der Waals surface area (Å²) in [5.74, 6) is 0. The molecule has 6 nitrogen and oxygen atoms in total. The lowest BCUT2D eigenvalue weighted by Crippen LogP contribution is -2.47. The van der Waals surface area contributed by atoms with E-state index in [9.17, 15) is 9.90 Å². The number of carbonyl (C=O) groups is 1. The van der Waals surface area contributed by atoms with E-state index in [1.165, 1.54) is 12.0 Å². The number of rotatable bonds is 6. The fourth-order valence-corrected chi connectivity index (χ4v) is 2.79. The van der Waals surface area contributed by atoms with E-state index < -0.39 is 5.60 Å². The van der Waals surface area contributed by atoms with Gasteiger partial charge in [0.15, 0.2) is 0 Å². The molecule has 2 rings (SSSR count). The third-order valence-corrected chi connectivity index (χ3v) is 4.05. The Morgan fingerprint density at radius 2 is 2.14 bits per heavy atom. The summed E-state index contributed by atoms with van der Waals surface area (Å²) in [6, 6.07) is -0.194. The fraction of sp³-hybridized carbons (Fsp3) is 0.733. The maximum absolute atomic E-state index is 11.7. The van der Waals surface area contributed by atoms with Gasteiger partial charge in [-0.25, -0.2) is 4.79 Å². The van der Waals surface area contributed by atoms with E-state index in [1.807, 2.05) is 19.4 Å². The van der Waals surface area contributed by atoms with Crippen LogP contribution in [0.15, 0.2) is 12.4 Å². The van der Waals surface area contributed by atoms with Gasteiger partial charge in [0.1, 0.15) is 0 Å². The minimum Gasteiger partial charge on any atom is -0.388 e. The molecule has 0 unspecified atom stereocenters. The minimum absolute atomic E-state index is 0.194. The maximum Gasteiger partial charge on any atom is 0.314 e. The van der Waals surface area contributed by atoms with Gasteiger partial charge in [-0.2, -0.15) is 5.10 Å². The number of aliphatic hydroxyl groups is 1. The SMILES string of the molecule is Cn1cc(CCCNC(=O)NCC2(O)CCCCC2)cn1. The van der Waals surface area contributed by atoms with E-state index in [0.717, 1.165) is 38.5 Å². The normalized spacial score (nSPS) is 17.4. The Balaban J connectivity index is 1.57. The molecule has 1 fully saturated rings. The molecule has 1 aliphatic rings. The highest BCUT2D eigenvalue weighted by Crippen LogP contribution is 2.27. The number of carbonyl (C=O) groups excluding carboxylic acids is 1. The molecule has 3 N–H and O–H groups in total. The summed E-state index contributed by atoms with van der Waals surface area (Å²) in [5.41, 5.74) is 0.474. The summed E-state index contributed by atoms with van der Waals surface area (Å²) in [4.78, 5) is 11.7. The van der Waals surface area contributed by atoms with Crippen molar-refractivity contribution >= 4 is 6.03 Å². The van der Waals surface area contributed by atoms with Crippen molar-refractivity contribution in [3.8, 4) is 0 Å². The standard InChI is InChI=1S/C15H26N4O2/c1-19-11-13(10-18-19)6-5-9-16-14(20)17-12-15(21)7-3-2-4-8-15/h10-11,21H,2-9,12H2,1H3,(H2,16,17,20). The lowest BCUT2D eigenvalue weighted by atomic mass is 9.85. The Bertz CT molecular complexity index is 452. The second-order valence-corrected chi connectivity index (χ2v) is 6.02. The third-order valence-electron chi connectivity index (χ3n) is 4.05. The highest BCUT2D eigenvalue weighted by Gasteiger charge is 2.29. The van der Waals surface area contributed by atoms with Crippen molar-refractivity contribution in [2.75, 3.05) is 13.1 Å². The first-order chi connectivity index (χ1) is 10.1. The van der Waals surface area contributed by atoms with Crippen LogP contribution in [0.1, 0.15) is 44.1 Å². The number of amides is 2. The molecular formula is C15H26N4O2. The topological polar surface area (TPSA) is 79.2 Å². The zero-order valence-electron chi connectivity index (χ0n) is 12.8. The number of nitrogens with zero attached hydrogens (tertiary/aromatic N) is 2. The smallest absolute Gasteiger partial charge is 0.314 e. The van der Waals surface area contributed by atoms with Gasteiger partial charge in [0.2, 0.25) is 0 Å². The molecule has 1 aliphatic carbocycles. The summed E-state index contributed by atoms with van der Waals surface area (Å²) in [6.07, 6.45) is 10.5. The van der Waals surface area contributed by atoms with E-state index >= 15 is 0 Å². The first-order valence-electron chi connectivity index (χ1n) is 7.79. The molecule has 0 spiro atoms. The monoisotopic (exact) mass is 294 g/mol. The van der Waals surface area contributed by atoms with Gasteiger partial charge in [-0.15, -0.1) is 0 Å². The van der Waals surface area contributed by atoms with E-state index in [1.54, 1.807) is 4.68 Å². The van der Waals surface area contributed by atoms with Gasteiger partial charge in [0.25, 0.3) is 0 Å². The van der Waals surface area contributed by atoms with Crippen LogP contribution in [0, 0.1) is 0 Å². The maximum atomic E-state index is 11.7. The van der Waals surface area contributed by atoms with Crippen molar-refractivity contribution in [2.45, 2.75) is 50.5 Å². The molecule has 118 valence electrons. The molecule has 1 saturated carbocycles. The van der Waals surface area contributed by atoms with Crippen LogP contribution in [0.3, 0.4) is 0 Å². The molecule has 0 bridgehead atoms. The molecule has 0 saturated heterocycles. The van der Waals surface area contributed by atoms with Crippen LogP contribution in [0.5, 0.6) is 0 Å². The molecule has 0 radical (unpaired) electrons. The molecular weight excluding hydrogens is 268 g/mol. The van der Waals surface area contributed by atoms with Crippen LogP contribution in [0.4, 0.5) is 4.79 Å². The molecule has 2 amide bonds. The summed E-state index contributed by atoms with van der Waals surface area (Å²) in [6.45, 7) is 0.973.